The Labute approximate surface area is 129 Å². The van der Waals surface area contributed by atoms with E-state index in [1.54, 1.807) is 36.4 Å². The molecule has 2 rings (SSSR count). The average molecular weight is 316 g/mol. The molecule has 0 aliphatic rings. The van der Waals surface area contributed by atoms with Gasteiger partial charge in [-0.3, -0.25) is 0 Å². The van der Waals surface area contributed by atoms with Crippen LogP contribution in [0.1, 0.15) is 16.7 Å². The highest BCUT2D eigenvalue weighted by Crippen LogP contribution is 2.13. The van der Waals surface area contributed by atoms with Gasteiger partial charge in [0.15, 0.2) is 0 Å². The average Bonchev–Trinajstić information content (AvgIpc) is 2.54. The highest BCUT2D eigenvalue weighted by molar-refractivity contribution is 7.89. The molecule has 0 aromatic heterocycles. The monoisotopic (exact) mass is 316 g/mol. The molecule has 0 saturated heterocycles. The Bertz CT molecular complexity index is 778. The summed E-state index contributed by atoms with van der Waals surface area (Å²) in [7, 11) is -3.63. The normalized spacial score (nSPS) is 11.1. The zero-order valence-electron chi connectivity index (χ0n) is 11.9. The molecule has 0 fully saturated rings. The van der Waals surface area contributed by atoms with Crippen molar-refractivity contribution >= 4 is 10.0 Å². The molecule has 0 atom stereocenters. The van der Waals surface area contributed by atoms with Crippen LogP contribution in [0.3, 0.4) is 0 Å². The summed E-state index contributed by atoms with van der Waals surface area (Å²) in [6, 6.07) is 15.3. The van der Waals surface area contributed by atoms with Crippen LogP contribution in [0.25, 0.3) is 0 Å². The fourth-order valence-corrected chi connectivity index (χ4v) is 3.02. The van der Waals surface area contributed by atoms with Gasteiger partial charge in [-0.2, -0.15) is 5.26 Å². The Morgan fingerprint density at radius 1 is 1.05 bits per heavy atom. The van der Waals surface area contributed by atoms with Crippen LogP contribution in [0.5, 0.6) is 0 Å². The first-order chi connectivity index (χ1) is 10.6. The molecule has 0 radical (unpaired) electrons. The van der Waals surface area contributed by atoms with Gasteiger partial charge in [0.05, 0.1) is 24.0 Å². The zero-order valence-corrected chi connectivity index (χ0v) is 12.7. The van der Waals surface area contributed by atoms with Crippen LogP contribution in [0.2, 0.25) is 0 Å². The van der Waals surface area contributed by atoms with E-state index in [4.69, 9.17) is 5.26 Å². The molecule has 0 aliphatic carbocycles. The van der Waals surface area contributed by atoms with Crippen molar-refractivity contribution in [2.45, 2.75) is 24.5 Å². The molecule has 2 N–H and O–H groups in total. The summed E-state index contributed by atoms with van der Waals surface area (Å²) in [4.78, 5) is 0.149. The van der Waals surface area contributed by atoms with Crippen molar-refractivity contribution in [3.63, 3.8) is 0 Å². The third-order valence-electron chi connectivity index (χ3n) is 3.26. The van der Waals surface area contributed by atoms with Crippen molar-refractivity contribution in [2.75, 3.05) is 0 Å². The summed E-state index contributed by atoms with van der Waals surface area (Å²) in [6.45, 7) is -0.0280. The molecule has 6 heteroatoms. The summed E-state index contributed by atoms with van der Waals surface area (Å²) in [5, 5.41) is 17.8. The maximum Gasteiger partial charge on any atom is 0.240 e. The Hall–Kier alpha value is -2.20. The number of aliphatic hydroxyl groups excluding tert-OH is 1. The highest BCUT2D eigenvalue weighted by atomic mass is 32.2. The number of hydrogen-bond acceptors (Lipinski definition) is 4. The molecule has 22 heavy (non-hydrogen) atoms. The van der Waals surface area contributed by atoms with Gasteiger partial charge >= 0.3 is 0 Å². The Morgan fingerprint density at radius 3 is 2.27 bits per heavy atom. The highest BCUT2D eigenvalue weighted by Gasteiger charge is 2.14. The molecule has 0 amide bonds. The number of benzene rings is 2. The van der Waals surface area contributed by atoms with Crippen molar-refractivity contribution in [3.05, 3.63) is 65.2 Å². The smallest absolute Gasteiger partial charge is 0.240 e. The van der Waals surface area contributed by atoms with Crippen molar-refractivity contribution in [1.82, 2.24) is 4.72 Å². The summed E-state index contributed by atoms with van der Waals surface area (Å²) >= 11 is 0. The van der Waals surface area contributed by atoms with Crippen LogP contribution in [0.15, 0.2) is 53.4 Å². The minimum absolute atomic E-state index is 0.110. The molecule has 0 aliphatic heterocycles. The van der Waals surface area contributed by atoms with Gasteiger partial charge in [0.1, 0.15) is 0 Å². The van der Waals surface area contributed by atoms with Crippen LogP contribution in [0, 0.1) is 11.3 Å². The largest absolute Gasteiger partial charge is 0.392 e. The van der Waals surface area contributed by atoms with E-state index in [1.165, 1.54) is 12.1 Å². The molecular formula is C16H16N2O3S. The lowest BCUT2D eigenvalue weighted by Crippen LogP contribution is -2.23. The van der Waals surface area contributed by atoms with E-state index < -0.39 is 10.0 Å². The van der Waals surface area contributed by atoms with E-state index in [0.29, 0.717) is 5.56 Å². The number of sulfonamides is 1. The SMILES string of the molecule is N#CCc1ccc(S(=O)(=O)NCc2ccccc2CO)cc1. The number of aliphatic hydroxyl groups is 1. The minimum Gasteiger partial charge on any atom is -0.392 e. The van der Waals surface area contributed by atoms with Gasteiger partial charge in [0, 0.05) is 6.54 Å². The second-order valence-electron chi connectivity index (χ2n) is 4.73. The molecule has 0 unspecified atom stereocenters. The topological polar surface area (TPSA) is 90.2 Å². The number of hydrogen-bond donors (Lipinski definition) is 2. The van der Waals surface area contributed by atoms with E-state index in [-0.39, 0.29) is 24.5 Å². The quantitative estimate of drug-likeness (QED) is 0.849. The molecule has 0 saturated carbocycles. The van der Waals surface area contributed by atoms with E-state index >= 15 is 0 Å². The third kappa shape index (κ3) is 3.92. The van der Waals surface area contributed by atoms with Crippen LogP contribution in [-0.4, -0.2) is 13.5 Å². The zero-order chi connectivity index (χ0) is 16.0. The van der Waals surface area contributed by atoms with Gasteiger partial charge in [-0.25, -0.2) is 13.1 Å². The first kappa shape index (κ1) is 16.2. The van der Waals surface area contributed by atoms with Gasteiger partial charge < -0.3 is 5.11 Å². The number of nitrogens with zero attached hydrogens (tertiary/aromatic N) is 1. The van der Waals surface area contributed by atoms with Crippen molar-refractivity contribution in [3.8, 4) is 6.07 Å². The summed E-state index contributed by atoms with van der Waals surface area (Å²) in [6.07, 6.45) is 0.248. The maximum absolute atomic E-state index is 12.2. The lowest BCUT2D eigenvalue weighted by molar-refractivity contribution is 0.280. The molecule has 5 nitrogen and oxygen atoms in total. The Morgan fingerprint density at radius 2 is 1.68 bits per heavy atom. The van der Waals surface area contributed by atoms with Crippen LogP contribution >= 0.6 is 0 Å². The predicted molar refractivity (Wildman–Crippen MR) is 82.1 cm³/mol. The fraction of sp³-hybridized carbons (Fsp3) is 0.188. The molecule has 0 bridgehead atoms. The van der Waals surface area contributed by atoms with E-state index in [0.717, 1.165) is 11.1 Å². The van der Waals surface area contributed by atoms with E-state index in [9.17, 15) is 13.5 Å². The number of nitrogens with one attached hydrogen (secondary N) is 1. The first-order valence-corrected chi connectivity index (χ1v) is 8.18. The van der Waals surface area contributed by atoms with Gasteiger partial charge in [-0.05, 0) is 28.8 Å². The van der Waals surface area contributed by atoms with Gasteiger partial charge in [0.2, 0.25) is 10.0 Å². The lowest BCUT2D eigenvalue weighted by Gasteiger charge is -2.10. The van der Waals surface area contributed by atoms with E-state index in [1.807, 2.05) is 6.07 Å². The molecule has 0 spiro atoms. The van der Waals surface area contributed by atoms with Crippen molar-refractivity contribution in [1.29, 1.82) is 5.26 Å². The Kier molecular flexibility index (Phi) is 5.28. The standard InChI is InChI=1S/C16H16N2O3S/c17-10-9-13-5-7-16(8-6-13)22(20,21)18-11-14-3-1-2-4-15(14)12-19/h1-8,18-19H,9,11-12H2. The lowest BCUT2D eigenvalue weighted by atomic mass is 10.1. The molecule has 2 aromatic rings. The van der Waals surface area contributed by atoms with Crippen LogP contribution in [0.4, 0.5) is 0 Å². The molecule has 2 aromatic carbocycles. The van der Waals surface area contributed by atoms with E-state index in [2.05, 4.69) is 4.72 Å². The Balaban J connectivity index is 2.12. The number of rotatable bonds is 6. The molecule has 0 heterocycles. The molecular weight excluding hydrogens is 300 g/mol. The van der Waals surface area contributed by atoms with Crippen molar-refractivity contribution in [2.24, 2.45) is 0 Å². The maximum atomic E-state index is 12.2. The second-order valence-corrected chi connectivity index (χ2v) is 6.50. The summed E-state index contributed by atoms with van der Waals surface area (Å²) < 4.78 is 27.0. The van der Waals surface area contributed by atoms with Crippen LogP contribution < -0.4 is 4.72 Å². The van der Waals surface area contributed by atoms with Gasteiger partial charge in [-0.15, -0.1) is 0 Å². The first-order valence-electron chi connectivity index (χ1n) is 6.70. The van der Waals surface area contributed by atoms with Gasteiger partial charge in [-0.1, -0.05) is 36.4 Å². The van der Waals surface area contributed by atoms with Crippen LogP contribution in [-0.2, 0) is 29.6 Å². The fourth-order valence-electron chi connectivity index (χ4n) is 2.02. The van der Waals surface area contributed by atoms with Crippen molar-refractivity contribution < 1.29 is 13.5 Å². The minimum atomic E-state index is -3.63. The second kappa shape index (κ2) is 7.18. The predicted octanol–water partition coefficient (Wildman–Crippen LogP) is 1.72. The van der Waals surface area contributed by atoms with Gasteiger partial charge in [0.25, 0.3) is 0 Å². The third-order valence-corrected chi connectivity index (χ3v) is 4.68. The summed E-state index contributed by atoms with van der Waals surface area (Å²) in [5.41, 5.74) is 2.19. The number of nitriles is 1. The molecule has 114 valence electrons. The summed E-state index contributed by atoms with van der Waals surface area (Å²) in [5.74, 6) is 0.